The van der Waals surface area contributed by atoms with Crippen molar-refractivity contribution < 1.29 is 19.4 Å². The summed E-state index contributed by atoms with van der Waals surface area (Å²) in [5.41, 5.74) is -0.403. The third-order valence-corrected chi connectivity index (χ3v) is 3.74. The van der Waals surface area contributed by atoms with E-state index in [0.717, 1.165) is 6.54 Å². The number of benzene rings is 1. The van der Waals surface area contributed by atoms with Crippen molar-refractivity contribution in [1.82, 2.24) is 10.2 Å². The number of aliphatic hydroxyl groups is 1. The monoisotopic (exact) mass is 294 g/mol. The summed E-state index contributed by atoms with van der Waals surface area (Å²) in [5.74, 6) is 0.905. The lowest BCUT2D eigenvalue weighted by Crippen LogP contribution is -2.45. The molecular formula is C15H22N2O4. The Labute approximate surface area is 124 Å². The quantitative estimate of drug-likeness (QED) is 0.827. The van der Waals surface area contributed by atoms with E-state index in [1.807, 2.05) is 0 Å². The average Bonchev–Trinajstić information content (AvgIpc) is 2.91. The first-order valence-corrected chi connectivity index (χ1v) is 6.90. The maximum atomic E-state index is 12.5. The maximum absolute atomic E-state index is 12.5. The normalized spacial score (nSPS) is 21.1. The average molecular weight is 294 g/mol. The first-order chi connectivity index (χ1) is 9.99. The number of nitrogens with one attached hydrogen (secondary N) is 1. The zero-order valence-corrected chi connectivity index (χ0v) is 12.7. The first kappa shape index (κ1) is 15.6. The number of β-amino-alcohol motifs (C(OH)–C–C–N with tert-alkyl or cyclic N) is 1. The second kappa shape index (κ2) is 6.32. The van der Waals surface area contributed by atoms with Gasteiger partial charge in [-0.1, -0.05) is 0 Å². The summed E-state index contributed by atoms with van der Waals surface area (Å²) in [4.78, 5) is 14.1. The van der Waals surface area contributed by atoms with E-state index in [2.05, 4.69) is 5.32 Å². The number of nitrogens with zero attached hydrogens (tertiary/aromatic N) is 1. The molecular weight excluding hydrogens is 272 g/mol. The summed E-state index contributed by atoms with van der Waals surface area (Å²) >= 11 is 0. The van der Waals surface area contributed by atoms with Crippen molar-refractivity contribution >= 4 is 5.91 Å². The van der Waals surface area contributed by atoms with Gasteiger partial charge in [-0.2, -0.15) is 0 Å². The summed E-state index contributed by atoms with van der Waals surface area (Å²) in [6.45, 7) is 1.56. The lowest BCUT2D eigenvalue weighted by Gasteiger charge is -2.28. The van der Waals surface area contributed by atoms with Crippen LogP contribution < -0.4 is 14.8 Å². The standard InChI is InChI=1S/C15H22N2O4/c1-17(10-15(19)6-7-16-9-15)14(18)12-5-4-11(20-2)8-13(12)21-3/h4-5,8,16,19H,6-7,9-10H2,1-3H3. The van der Waals surface area contributed by atoms with Crippen LogP contribution in [0.2, 0.25) is 0 Å². The molecule has 0 aromatic heterocycles. The van der Waals surface area contributed by atoms with E-state index >= 15 is 0 Å². The van der Waals surface area contributed by atoms with Gasteiger partial charge in [-0.05, 0) is 25.1 Å². The van der Waals surface area contributed by atoms with Gasteiger partial charge in [0.2, 0.25) is 0 Å². The minimum Gasteiger partial charge on any atom is -0.497 e. The Hall–Kier alpha value is -1.79. The van der Waals surface area contributed by atoms with Crippen LogP contribution in [0.5, 0.6) is 11.5 Å². The van der Waals surface area contributed by atoms with Crippen molar-refractivity contribution in [2.45, 2.75) is 12.0 Å². The van der Waals surface area contributed by atoms with E-state index in [1.165, 1.54) is 12.0 Å². The summed E-state index contributed by atoms with van der Waals surface area (Å²) in [5, 5.41) is 13.5. The summed E-state index contributed by atoms with van der Waals surface area (Å²) in [6.07, 6.45) is 0.643. The van der Waals surface area contributed by atoms with Gasteiger partial charge in [-0.25, -0.2) is 0 Å². The third-order valence-electron chi connectivity index (χ3n) is 3.74. The van der Waals surface area contributed by atoms with Crippen molar-refractivity contribution in [2.24, 2.45) is 0 Å². The molecule has 1 aliphatic heterocycles. The number of amides is 1. The molecule has 6 nitrogen and oxygen atoms in total. The Bertz CT molecular complexity index is 512. The molecule has 0 spiro atoms. The molecule has 6 heteroatoms. The molecule has 21 heavy (non-hydrogen) atoms. The maximum Gasteiger partial charge on any atom is 0.257 e. The lowest BCUT2D eigenvalue weighted by molar-refractivity contribution is 0.0251. The van der Waals surface area contributed by atoms with Gasteiger partial charge in [0.05, 0.1) is 31.9 Å². The second-order valence-electron chi connectivity index (χ2n) is 5.38. The molecule has 1 atom stereocenters. The molecule has 0 aliphatic carbocycles. The van der Waals surface area contributed by atoms with Crippen molar-refractivity contribution in [3.8, 4) is 11.5 Å². The summed E-state index contributed by atoms with van der Waals surface area (Å²) < 4.78 is 10.4. The Morgan fingerprint density at radius 2 is 2.19 bits per heavy atom. The van der Waals surface area contributed by atoms with E-state index in [-0.39, 0.29) is 12.5 Å². The summed E-state index contributed by atoms with van der Waals surface area (Å²) in [7, 11) is 4.76. The number of hydrogen-bond donors (Lipinski definition) is 2. The molecule has 2 rings (SSSR count). The highest BCUT2D eigenvalue weighted by atomic mass is 16.5. The lowest BCUT2D eigenvalue weighted by atomic mass is 10.0. The topological polar surface area (TPSA) is 71.0 Å². The molecule has 1 fully saturated rings. The Morgan fingerprint density at radius 3 is 2.76 bits per heavy atom. The van der Waals surface area contributed by atoms with E-state index in [4.69, 9.17) is 9.47 Å². The van der Waals surface area contributed by atoms with Crippen molar-refractivity contribution in [3.63, 3.8) is 0 Å². The van der Waals surface area contributed by atoms with Gasteiger partial charge in [0.1, 0.15) is 11.5 Å². The van der Waals surface area contributed by atoms with Crippen LogP contribution in [0.25, 0.3) is 0 Å². The van der Waals surface area contributed by atoms with Gasteiger partial charge in [-0.15, -0.1) is 0 Å². The number of carbonyl (C=O) groups is 1. The highest BCUT2D eigenvalue weighted by Gasteiger charge is 2.34. The SMILES string of the molecule is COc1ccc(C(=O)N(C)CC2(O)CCNC2)c(OC)c1. The van der Waals surface area contributed by atoms with Gasteiger partial charge in [0.25, 0.3) is 5.91 Å². The van der Waals surface area contributed by atoms with Crippen LogP contribution >= 0.6 is 0 Å². The van der Waals surface area contributed by atoms with Gasteiger partial charge < -0.3 is 24.8 Å². The van der Waals surface area contributed by atoms with Gasteiger partial charge >= 0.3 is 0 Å². The van der Waals surface area contributed by atoms with Crippen molar-refractivity contribution in [2.75, 3.05) is 40.9 Å². The molecule has 1 aromatic rings. The summed E-state index contributed by atoms with van der Waals surface area (Å²) in [6, 6.07) is 5.07. The Balaban J connectivity index is 2.15. The largest absolute Gasteiger partial charge is 0.497 e. The number of likely N-dealkylation sites (N-methyl/N-ethyl adjacent to an activating group) is 1. The van der Waals surface area contributed by atoms with Crippen LogP contribution in [0.4, 0.5) is 0 Å². The molecule has 0 saturated carbocycles. The molecule has 1 aromatic carbocycles. The number of rotatable bonds is 5. The fraction of sp³-hybridized carbons (Fsp3) is 0.533. The van der Waals surface area contributed by atoms with Crippen LogP contribution in [-0.4, -0.2) is 62.4 Å². The van der Waals surface area contributed by atoms with E-state index in [9.17, 15) is 9.90 Å². The predicted octanol–water partition coefficient (Wildman–Crippen LogP) is 0.500. The molecule has 0 bridgehead atoms. The van der Waals surface area contributed by atoms with E-state index in [1.54, 1.807) is 32.4 Å². The zero-order valence-electron chi connectivity index (χ0n) is 12.7. The fourth-order valence-electron chi connectivity index (χ4n) is 2.56. The van der Waals surface area contributed by atoms with E-state index in [0.29, 0.717) is 30.0 Å². The van der Waals surface area contributed by atoms with Crippen molar-refractivity contribution in [3.05, 3.63) is 23.8 Å². The van der Waals surface area contributed by atoms with Crippen LogP contribution in [0.15, 0.2) is 18.2 Å². The minimum atomic E-state index is -0.857. The fourth-order valence-corrected chi connectivity index (χ4v) is 2.56. The van der Waals surface area contributed by atoms with Gasteiger partial charge in [0.15, 0.2) is 0 Å². The van der Waals surface area contributed by atoms with Crippen molar-refractivity contribution in [1.29, 1.82) is 0 Å². The minimum absolute atomic E-state index is 0.185. The zero-order chi connectivity index (χ0) is 15.5. The van der Waals surface area contributed by atoms with Crippen LogP contribution in [0, 0.1) is 0 Å². The first-order valence-electron chi connectivity index (χ1n) is 6.90. The molecule has 1 aliphatic rings. The number of carbonyl (C=O) groups excluding carboxylic acids is 1. The highest BCUT2D eigenvalue weighted by Crippen LogP contribution is 2.26. The molecule has 0 radical (unpaired) electrons. The molecule has 1 saturated heterocycles. The number of methoxy groups -OCH3 is 2. The van der Waals surface area contributed by atoms with Crippen LogP contribution in [-0.2, 0) is 0 Å². The highest BCUT2D eigenvalue weighted by molar-refractivity contribution is 5.97. The number of ether oxygens (including phenoxy) is 2. The van der Waals surface area contributed by atoms with Crippen LogP contribution in [0.1, 0.15) is 16.8 Å². The Morgan fingerprint density at radius 1 is 1.43 bits per heavy atom. The molecule has 1 heterocycles. The molecule has 1 unspecified atom stereocenters. The second-order valence-corrected chi connectivity index (χ2v) is 5.38. The van der Waals surface area contributed by atoms with Gasteiger partial charge in [0, 0.05) is 19.7 Å². The van der Waals surface area contributed by atoms with Crippen LogP contribution in [0.3, 0.4) is 0 Å². The smallest absolute Gasteiger partial charge is 0.257 e. The third kappa shape index (κ3) is 3.46. The van der Waals surface area contributed by atoms with E-state index < -0.39 is 5.60 Å². The number of hydrogen-bond acceptors (Lipinski definition) is 5. The molecule has 1 amide bonds. The molecule has 2 N–H and O–H groups in total. The Kier molecular flexibility index (Phi) is 4.69. The predicted molar refractivity (Wildman–Crippen MR) is 78.9 cm³/mol. The molecule has 116 valence electrons. The van der Waals surface area contributed by atoms with Gasteiger partial charge in [-0.3, -0.25) is 4.79 Å².